The molecule has 5 nitrogen and oxygen atoms in total. The van der Waals surface area contributed by atoms with Gasteiger partial charge in [0.15, 0.2) is 0 Å². The average Bonchev–Trinajstić information content (AvgIpc) is 2.79. The quantitative estimate of drug-likeness (QED) is 0.739. The zero-order valence-corrected chi connectivity index (χ0v) is 13.2. The fraction of sp³-hybridized carbons (Fsp3) is 0.500. The number of amides is 2. The Kier molecular flexibility index (Phi) is 5.81. The Bertz CT molecular complexity index is 458. The van der Waals surface area contributed by atoms with Crippen molar-refractivity contribution < 1.29 is 14.7 Å². The number of thiophene rings is 1. The number of carbonyl (C=O) groups is 2. The third-order valence-corrected chi connectivity index (χ3v) is 5.00. The third-order valence-electron chi connectivity index (χ3n) is 3.07. The molecule has 0 atom stereocenters. The summed E-state index contributed by atoms with van der Waals surface area (Å²) in [7, 11) is 0. The van der Waals surface area contributed by atoms with Crippen molar-refractivity contribution in [2.75, 3.05) is 0 Å². The molecule has 0 bridgehead atoms. The van der Waals surface area contributed by atoms with Gasteiger partial charge in [-0.2, -0.15) is 0 Å². The highest BCUT2D eigenvalue weighted by atomic mass is 79.9. The molecule has 0 aliphatic rings. The van der Waals surface area contributed by atoms with Gasteiger partial charge in [0.25, 0.3) is 0 Å². The maximum atomic E-state index is 11.8. The van der Waals surface area contributed by atoms with Crippen LogP contribution in [0, 0.1) is 0 Å². The van der Waals surface area contributed by atoms with E-state index in [1.165, 1.54) is 11.3 Å². The standard InChI is InChI=1S/C12H17BrN2O3S/c1-3-12(4-2,10(16)17)15-11(18)14-7-9-8(13)5-6-19-9/h5-6H,3-4,7H2,1-2H3,(H,16,17)(H2,14,15,18). The normalized spacial score (nSPS) is 11.1. The molecule has 19 heavy (non-hydrogen) atoms. The molecular formula is C12H17BrN2O3S. The van der Waals surface area contributed by atoms with E-state index in [1.807, 2.05) is 11.4 Å². The topological polar surface area (TPSA) is 78.4 Å². The van der Waals surface area contributed by atoms with Crippen molar-refractivity contribution in [1.29, 1.82) is 0 Å². The lowest BCUT2D eigenvalue weighted by Crippen LogP contribution is -2.56. The van der Waals surface area contributed by atoms with E-state index in [9.17, 15) is 14.7 Å². The van der Waals surface area contributed by atoms with E-state index >= 15 is 0 Å². The van der Waals surface area contributed by atoms with Gasteiger partial charge in [-0.15, -0.1) is 11.3 Å². The highest BCUT2D eigenvalue weighted by Crippen LogP contribution is 2.22. The molecule has 1 aromatic rings. The molecule has 0 radical (unpaired) electrons. The monoisotopic (exact) mass is 348 g/mol. The van der Waals surface area contributed by atoms with Crippen molar-refractivity contribution in [3.05, 3.63) is 20.8 Å². The lowest BCUT2D eigenvalue weighted by molar-refractivity contribution is -0.144. The fourth-order valence-electron chi connectivity index (χ4n) is 1.66. The number of halogens is 1. The van der Waals surface area contributed by atoms with Gasteiger partial charge in [0.05, 0.1) is 6.54 Å². The molecule has 2 amide bonds. The SMILES string of the molecule is CCC(CC)(NC(=O)NCc1sccc1Br)C(=O)O. The van der Waals surface area contributed by atoms with Crippen LogP contribution in [0.5, 0.6) is 0 Å². The molecule has 0 aromatic carbocycles. The van der Waals surface area contributed by atoms with E-state index in [0.29, 0.717) is 19.4 Å². The van der Waals surface area contributed by atoms with Gasteiger partial charge in [0.2, 0.25) is 0 Å². The Balaban J connectivity index is 2.59. The zero-order valence-electron chi connectivity index (χ0n) is 10.8. The molecule has 1 rings (SSSR count). The van der Waals surface area contributed by atoms with E-state index in [-0.39, 0.29) is 0 Å². The smallest absolute Gasteiger partial charge is 0.329 e. The summed E-state index contributed by atoms with van der Waals surface area (Å²) in [5.74, 6) is -1.01. The minimum Gasteiger partial charge on any atom is -0.480 e. The van der Waals surface area contributed by atoms with Gasteiger partial charge in [0, 0.05) is 9.35 Å². The molecule has 0 spiro atoms. The van der Waals surface area contributed by atoms with E-state index in [2.05, 4.69) is 26.6 Å². The molecule has 1 heterocycles. The number of hydrogen-bond donors (Lipinski definition) is 3. The number of aliphatic carboxylic acids is 1. The number of rotatable bonds is 6. The van der Waals surface area contributed by atoms with Gasteiger partial charge in [-0.3, -0.25) is 0 Å². The fourth-order valence-corrected chi connectivity index (χ4v) is 3.09. The Morgan fingerprint density at radius 1 is 1.42 bits per heavy atom. The lowest BCUT2D eigenvalue weighted by Gasteiger charge is -2.28. The molecule has 0 saturated heterocycles. The number of carbonyl (C=O) groups excluding carboxylic acids is 1. The summed E-state index contributed by atoms with van der Waals surface area (Å²) < 4.78 is 0.938. The second kappa shape index (κ2) is 6.91. The van der Waals surface area contributed by atoms with Crippen LogP contribution in [0.1, 0.15) is 31.6 Å². The molecule has 0 unspecified atom stereocenters. The summed E-state index contributed by atoms with van der Waals surface area (Å²) in [4.78, 5) is 24.0. The van der Waals surface area contributed by atoms with Gasteiger partial charge in [-0.1, -0.05) is 13.8 Å². The van der Waals surface area contributed by atoms with Gasteiger partial charge in [-0.05, 0) is 40.2 Å². The van der Waals surface area contributed by atoms with E-state index in [1.54, 1.807) is 13.8 Å². The van der Waals surface area contributed by atoms with E-state index in [4.69, 9.17) is 0 Å². The minimum atomic E-state index is -1.20. The van der Waals surface area contributed by atoms with Crippen LogP contribution in [0.25, 0.3) is 0 Å². The van der Waals surface area contributed by atoms with E-state index in [0.717, 1.165) is 9.35 Å². The number of urea groups is 1. The van der Waals surface area contributed by atoms with E-state index < -0.39 is 17.5 Å². The largest absolute Gasteiger partial charge is 0.480 e. The van der Waals surface area contributed by atoms with Crippen molar-refractivity contribution in [1.82, 2.24) is 10.6 Å². The molecule has 0 saturated carbocycles. The Morgan fingerprint density at radius 2 is 2.05 bits per heavy atom. The highest BCUT2D eigenvalue weighted by Gasteiger charge is 2.36. The third kappa shape index (κ3) is 3.94. The van der Waals surface area contributed by atoms with Crippen LogP contribution in [0.4, 0.5) is 4.79 Å². The summed E-state index contributed by atoms with van der Waals surface area (Å²) in [5.41, 5.74) is -1.20. The molecule has 0 aliphatic carbocycles. The van der Waals surface area contributed by atoms with Crippen molar-refractivity contribution >= 4 is 39.3 Å². The second-order valence-corrected chi connectivity index (χ2v) is 5.95. The van der Waals surface area contributed by atoms with Crippen LogP contribution in [0.3, 0.4) is 0 Å². The van der Waals surface area contributed by atoms with Crippen LogP contribution in [-0.4, -0.2) is 22.6 Å². The molecule has 7 heteroatoms. The summed E-state index contributed by atoms with van der Waals surface area (Å²) in [6.07, 6.45) is 0.684. The van der Waals surface area contributed by atoms with Crippen molar-refractivity contribution in [2.24, 2.45) is 0 Å². The van der Waals surface area contributed by atoms with Gasteiger partial charge < -0.3 is 15.7 Å². The molecule has 3 N–H and O–H groups in total. The maximum Gasteiger partial charge on any atom is 0.329 e. The van der Waals surface area contributed by atoms with Crippen LogP contribution >= 0.6 is 27.3 Å². The van der Waals surface area contributed by atoms with Gasteiger partial charge >= 0.3 is 12.0 Å². The second-order valence-electron chi connectivity index (χ2n) is 4.09. The average molecular weight is 349 g/mol. The Morgan fingerprint density at radius 3 is 2.47 bits per heavy atom. The lowest BCUT2D eigenvalue weighted by atomic mass is 9.93. The number of hydrogen-bond acceptors (Lipinski definition) is 3. The van der Waals surface area contributed by atoms with Crippen molar-refractivity contribution in [2.45, 2.75) is 38.8 Å². The zero-order chi connectivity index (χ0) is 14.5. The van der Waals surface area contributed by atoms with Crippen molar-refractivity contribution in [3.8, 4) is 0 Å². The number of carboxylic acid groups (broad SMARTS) is 1. The van der Waals surface area contributed by atoms with Crippen LogP contribution in [0.2, 0.25) is 0 Å². The molecule has 1 aromatic heterocycles. The predicted octanol–water partition coefficient (Wildman–Crippen LogP) is 2.95. The maximum absolute atomic E-state index is 11.8. The summed E-state index contributed by atoms with van der Waals surface area (Å²) in [5, 5.41) is 16.4. The first-order valence-electron chi connectivity index (χ1n) is 5.96. The number of nitrogens with one attached hydrogen (secondary N) is 2. The minimum absolute atomic E-state index is 0.342. The Labute approximate surface area is 124 Å². The van der Waals surface area contributed by atoms with Gasteiger partial charge in [-0.25, -0.2) is 9.59 Å². The predicted molar refractivity (Wildman–Crippen MR) is 78.3 cm³/mol. The van der Waals surface area contributed by atoms with Crippen LogP contribution in [-0.2, 0) is 11.3 Å². The number of carboxylic acids is 1. The van der Waals surface area contributed by atoms with Crippen LogP contribution < -0.4 is 10.6 Å². The first kappa shape index (κ1) is 16.0. The molecule has 106 valence electrons. The Hall–Kier alpha value is -1.08. The first-order chi connectivity index (χ1) is 8.95. The molecular weight excluding hydrogens is 332 g/mol. The van der Waals surface area contributed by atoms with Crippen molar-refractivity contribution in [3.63, 3.8) is 0 Å². The summed E-state index contributed by atoms with van der Waals surface area (Å²) in [6.45, 7) is 3.86. The van der Waals surface area contributed by atoms with Gasteiger partial charge in [0.1, 0.15) is 5.54 Å². The van der Waals surface area contributed by atoms with Crippen LogP contribution in [0.15, 0.2) is 15.9 Å². The molecule has 0 fully saturated rings. The molecule has 0 aliphatic heterocycles. The first-order valence-corrected chi connectivity index (χ1v) is 7.63. The summed E-state index contributed by atoms with van der Waals surface area (Å²) >= 11 is 4.89. The summed E-state index contributed by atoms with van der Waals surface area (Å²) in [6, 6.07) is 1.44. The highest BCUT2D eigenvalue weighted by molar-refractivity contribution is 9.10.